The zero-order valence-electron chi connectivity index (χ0n) is 11.3. The highest BCUT2D eigenvalue weighted by Crippen LogP contribution is 2.32. The number of hydrogen-bond donors (Lipinski definition) is 1. The van der Waals surface area contributed by atoms with Crippen molar-refractivity contribution in [2.45, 2.75) is 19.9 Å². The van der Waals surface area contributed by atoms with Crippen LogP contribution in [0.25, 0.3) is 11.3 Å². The highest BCUT2D eigenvalue weighted by molar-refractivity contribution is 5.70. The molecule has 0 saturated carbocycles. The van der Waals surface area contributed by atoms with Gasteiger partial charge in [-0.15, -0.1) is 0 Å². The Morgan fingerprint density at radius 1 is 1.33 bits per heavy atom. The van der Waals surface area contributed by atoms with Crippen molar-refractivity contribution >= 4 is 5.69 Å². The van der Waals surface area contributed by atoms with Crippen molar-refractivity contribution in [3.05, 3.63) is 30.5 Å². The number of ether oxygens (including phenoxy) is 1. The van der Waals surface area contributed by atoms with E-state index in [1.54, 1.807) is 13.3 Å². The summed E-state index contributed by atoms with van der Waals surface area (Å²) < 4.78 is 7.38. The molecule has 4 heteroatoms. The third-order valence-electron chi connectivity index (χ3n) is 2.90. The summed E-state index contributed by atoms with van der Waals surface area (Å²) in [5.41, 5.74) is 3.19. The van der Waals surface area contributed by atoms with Gasteiger partial charge in [-0.2, -0.15) is 5.10 Å². The molecule has 0 fully saturated rings. The topological polar surface area (TPSA) is 39.1 Å². The lowest BCUT2D eigenvalue weighted by Crippen LogP contribution is -2.05. The van der Waals surface area contributed by atoms with E-state index in [0.717, 1.165) is 22.7 Å². The van der Waals surface area contributed by atoms with Crippen LogP contribution in [0.3, 0.4) is 0 Å². The summed E-state index contributed by atoms with van der Waals surface area (Å²) in [6.45, 7) is 4.22. The second-order valence-electron chi connectivity index (χ2n) is 4.43. The van der Waals surface area contributed by atoms with E-state index in [9.17, 15) is 0 Å². The van der Waals surface area contributed by atoms with Crippen LogP contribution in [0.4, 0.5) is 5.69 Å². The standard InChI is InChI=1S/C14H19N3O/c1-10(2)17-14(13(18-4)9-16-17)11-6-5-7-12(8-11)15-3/h5-10,15H,1-4H3. The van der Waals surface area contributed by atoms with Gasteiger partial charge < -0.3 is 10.1 Å². The van der Waals surface area contributed by atoms with Gasteiger partial charge in [-0.1, -0.05) is 12.1 Å². The summed E-state index contributed by atoms with van der Waals surface area (Å²) in [5.74, 6) is 0.803. The Kier molecular flexibility index (Phi) is 3.55. The van der Waals surface area contributed by atoms with Crippen LogP contribution in [0.15, 0.2) is 30.5 Å². The molecule has 1 aromatic heterocycles. The molecule has 2 rings (SSSR count). The number of aromatic nitrogens is 2. The van der Waals surface area contributed by atoms with Gasteiger partial charge in [-0.25, -0.2) is 0 Å². The van der Waals surface area contributed by atoms with Crippen LogP contribution in [-0.4, -0.2) is 23.9 Å². The summed E-state index contributed by atoms with van der Waals surface area (Å²) in [5, 5.41) is 7.53. The number of hydrogen-bond acceptors (Lipinski definition) is 3. The van der Waals surface area contributed by atoms with E-state index in [2.05, 4.69) is 36.4 Å². The Hall–Kier alpha value is -1.97. The van der Waals surface area contributed by atoms with Crippen LogP contribution in [0.2, 0.25) is 0 Å². The van der Waals surface area contributed by atoms with Crippen molar-refractivity contribution in [2.75, 3.05) is 19.5 Å². The predicted octanol–water partition coefficient (Wildman–Crippen LogP) is 3.18. The van der Waals surface area contributed by atoms with Crippen LogP contribution in [0.1, 0.15) is 19.9 Å². The molecule has 0 aliphatic heterocycles. The fourth-order valence-corrected chi connectivity index (χ4v) is 1.98. The first kappa shape index (κ1) is 12.5. The second kappa shape index (κ2) is 5.12. The average Bonchev–Trinajstić information content (AvgIpc) is 2.82. The first-order valence-electron chi connectivity index (χ1n) is 6.07. The number of benzene rings is 1. The third kappa shape index (κ3) is 2.18. The van der Waals surface area contributed by atoms with E-state index in [1.165, 1.54) is 0 Å². The van der Waals surface area contributed by atoms with Crippen molar-refractivity contribution in [3.8, 4) is 17.0 Å². The number of nitrogens with one attached hydrogen (secondary N) is 1. The number of rotatable bonds is 4. The molecule has 96 valence electrons. The Morgan fingerprint density at radius 2 is 2.11 bits per heavy atom. The molecule has 0 unspecified atom stereocenters. The Morgan fingerprint density at radius 3 is 2.72 bits per heavy atom. The largest absolute Gasteiger partial charge is 0.493 e. The summed E-state index contributed by atoms with van der Waals surface area (Å²) in [6, 6.07) is 8.52. The fraction of sp³-hybridized carbons (Fsp3) is 0.357. The molecule has 1 N–H and O–H groups in total. The Balaban J connectivity index is 2.57. The lowest BCUT2D eigenvalue weighted by Gasteiger charge is -2.13. The predicted molar refractivity (Wildman–Crippen MR) is 74.1 cm³/mol. The molecule has 18 heavy (non-hydrogen) atoms. The van der Waals surface area contributed by atoms with Gasteiger partial charge in [0.1, 0.15) is 5.69 Å². The molecule has 1 aromatic carbocycles. The van der Waals surface area contributed by atoms with Gasteiger partial charge >= 0.3 is 0 Å². The van der Waals surface area contributed by atoms with Crippen LogP contribution in [0, 0.1) is 0 Å². The van der Waals surface area contributed by atoms with Gasteiger partial charge in [0, 0.05) is 24.3 Å². The minimum atomic E-state index is 0.294. The van der Waals surface area contributed by atoms with Gasteiger partial charge in [0.2, 0.25) is 0 Å². The summed E-state index contributed by atoms with van der Waals surface area (Å²) >= 11 is 0. The maximum absolute atomic E-state index is 5.40. The Labute approximate surface area is 108 Å². The molecule has 0 bridgehead atoms. The van der Waals surface area contributed by atoms with E-state index in [-0.39, 0.29) is 0 Å². The van der Waals surface area contributed by atoms with E-state index in [4.69, 9.17) is 4.74 Å². The SMILES string of the molecule is CNc1cccc(-c2c(OC)cnn2C(C)C)c1. The molecule has 4 nitrogen and oxygen atoms in total. The van der Waals surface area contributed by atoms with Gasteiger partial charge in [-0.3, -0.25) is 4.68 Å². The molecule has 0 aliphatic carbocycles. The van der Waals surface area contributed by atoms with E-state index >= 15 is 0 Å². The first-order chi connectivity index (χ1) is 8.67. The van der Waals surface area contributed by atoms with Crippen LogP contribution in [-0.2, 0) is 0 Å². The quantitative estimate of drug-likeness (QED) is 0.899. The summed E-state index contributed by atoms with van der Waals surface area (Å²) in [7, 11) is 3.59. The molecule has 0 saturated heterocycles. The molecule has 0 radical (unpaired) electrons. The minimum absolute atomic E-state index is 0.294. The van der Waals surface area contributed by atoms with Crippen LogP contribution < -0.4 is 10.1 Å². The van der Waals surface area contributed by atoms with Crippen LogP contribution >= 0.6 is 0 Å². The van der Waals surface area contributed by atoms with Crippen molar-refractivity contribution in [1.82, 2.24) is 9.78 Å². The lowest BCUT2D eigenvalue weighted by molar-refractivity contribution is 0.415. The lowest BCUT2D eigenvalue weighted by atomic mass is 10.1. The van der Waals surface area contributed by atoms with E-state index < -0.39 is 0 Å². The molecule has 0 spiro atoms. The Bertz CT molecular complexity index is 532. The monoisotopic (exact) mass is 245 g/mol. The smallest absolute Gasteiger partial charge is 0.164 e. The third-order valence-corrected chi connectivity index (χ3v) is 2.90. The highest BCUT2D eigenvalue weighted by atomic mass is 16.5. The van der Waals surface area contributed by atoms with Gasteiger partial charge in [0.15, 0.2) is 5.75 Å². The van der Waals surface area contributed by atoms with Crippen molar-refractivity contribution < 1.29 is 4.74 Å². The second-order valence-corrected chi connectivity index (χ2v) is 4.43. The molecule has 2 aromatic rings. The number of nitrogens with zero attached hydrogens (tertiary/aromatic N) is 2. The number of anilines is 1. The maximum Gasteiger partial charge on any atom is 0.164 e. The van der Waals surface area contributed by atoms with E-state index in [1.807, 2.05) is 23.9 Å². The summed E-state index contributed by atoms with van der Waals surface area (Å²) in [4.78, 5) is 0. The molecule has 0 atom stereocenters. The average molecular weight is 245 g/mol. The van der Waals surface area contributed by atoms with Crippen molar-refractivity contribution in [2.24, 2.45) is 0 Å². The number of methoxy groups -OCH3 is 1. The van der Waals surface area contributed by atoms with Gasteiger partial charge in [0.25, 0.3) is 0 Å². The molecule has 1 heterocycles. The zero-order chi connectivity index (χ0) is 13.1. The molecular weight excluding hydrogens is 226 g/mol. The minimum Gasteiger partial charge on any atom is -0.493 e. The normalized spacial score (nSPS) is 10.7. The van der Waals surface area contributed by atoms with Crippen LogP contribution in [0.5, 0.6) is 5.75 Å². The molecule has 0 amide bonds. The zero-order valence-corrected chi connectivity index (χ0v) is 11.3. The van der Waals surface area contributed by atoms with Crippen molar-refractivity contribution in [1.29, 1.82) is 0 Å². The van der Waals surface area contributed by atoms with Gasteiger partial charge in [-0.05, 0) is 26.0 Å². The fourth-order valence-electron chi connectivity index (χ4n) is 1.98. The maximum atomic E-state index is 5.40. The summed E-state index contributed by atoms with van der Waals surface area (Å²) in [6.07, 6.45) is 1.77. The molecular formula is C14H19N3O. The molecule has 0 aliphatic rings. The van der Waals surface area contributed by atoms with Gasteiger partial charge in [0.05, 0.1) is 13.3 Å². The van der Waals surface area contributed by atoms with Crippen molar-refractivity contribution in [3.63, 3.8) is 0 Å². The highest BCUT2D eigenvalue weighted by Gasteiger charge is 2.15. The van der Waals surface area contributed by atoms with E-state index in [0.29, 0.717) is 6.04 Å². The first-order valence-corrected chi connectivity index (χ1v) is 6.07.